The number of carbonyl (C=O) groups excluding carboxylic acids is 1. The maximum atomic E-state index is 14.1. The molecule has 1 heterocycles. The number of benzene rings is 2. The Bertz CT molecular complexity index is 1310. The van der Waals surface area contributed by atoms with E-state index in [1.54, 1.807) is 0 Å². The number of nitrogens with two attached hydrogens (primary N) is 1. The SMILES string of the molecule is CNS(=O)(=O)c1ccc(OC)c(-c2cc(C(=O)OC)cc3c2nnn3C/C(F)=C/CN)c1.Cl. The lowest BCUT2D eigenvalue weighted by Gasteiger charge is -2.13. The second-order valence-corrected chi connectivity index (χ2v) is 8.47. The predicted octanol–water partition coefficient (Wildman–Crippen LogP) is 2.04. The molecule has 0 spiro atoms. The third-order valence-electron chi connectivity index (χ3n) is 4.72. The van der Waals surface area contributed by atoms with Gasteiger partial charge in [-0.05, 0) is 43.5 Å². The molecule has 3 aromatic rings. The first kappa shape index (κ1) is 26.2. The van der Waals surface area contributed by atoms with E-state index in [4.69, 9.17) is 15.2 Å². The summed E-state index contributed by atoms with van der Waals surface area (Å²) >= 11 is 0. The maximum Gasteiger partial charge on any atom is 0.337 e. The van der Waals surface area contributed by atoms with E-state index in [2.05, 4.69) is 15.0 Å². The number of nitrogens with one attached hydrogen (secondary N) is 1. The van der Waals surface area contributed by atoms with Crippen LogP contribution >= 0.6 is 12.4 Å². The number of rotatable bonds is 8. The fraction of sp³-hybridized carbons (Fsp3) is 0.250. The Balaban J connectivity index is 0.00000385. The van der Waals surface area contributed by atoms with Crippen LogP contribution in [0.4, 0.5) is 4.39 Å². The highest BCUT2D eigenvalue weighted by Gasteiger charge is 2.22. The molecule has 178 valence electrons. The zero-order valence-electron chi connectivity index (χ0n) is 18.0. The quantitative estimate of drug-likeness (QED) is 0.449. The molecule has 0 aliphatic rings. The van der Waals surface area contributed by atoms with E-state index in [0.29, 0.717) is 27.9 Å². The summed E-state index contributed by atoms with van der Waals surface area (Å²) < 4.78 is 52.5. The average molecular weight is 500 g/mol. The summed E-state index contributed by atoms with van der Waals surface area (Å²) in [6.45, 7) is -0.232. The second-order valence-electron chi connectivity index (χ2n) is 6.59. The van der Waals surface area contributed by atoms with E-state index < -0.39 is 21.8 Å². The molecule has 0 amide bonds. The molecule has 10 nitrogen and oxygen atoms in total. The van der Waals surface area contributed by atoms with Gasteiger partial charge >= 0.3 is 5.97 Å². The highest BCUT2D eigenvalue weighted by atomic mass is 35.5. The van der Waals surface area contributed by atoms with Crippen LogP contribution in [0.25, 0.3) is 22.2 Å². The minimum absolute atomic E-state index is 0. The summed E-state index contributed by atoms with van der Waals surface area (Å²) in [7, 11) is 0.189. The van der Waals surface area contributed by atoms with Crippen molar-refractivity contribution in [2.75, 3.05) is 27.8 Å². The van der Waals surface area contributed by atoms with Crippen molar-refractivity contribution in [2.45, 2.75) is 11.4 Å². The smallest absolute Gasteiger partial charge is 0.337 e. The van der Waals surface area contributed by atoms with Gasteiger partial charge in [0.2, 0.25) is 10.0 Å². The highest BCUT2D eigenvalue weighted by Crippen LogP contribution is 2.37. The van der Waals surface area contributed by atoms with Crippen molar-refractivity contribution in [1.82, 2.24) is 19.7 Å². The van der Waals surface area contributed by atoms with Gasteiger partial charge in [0.05, 0.1) is 36.7 Å². The normalized spacial score (nSPS) is 11.8. The summed E-state index contributed by atoms with van der Waals surface area (Å²) in [5.41, 5.74) is 6.87. The van der Waals surface area contributed by atoms with Crippen LogP contribution in [0.2, 0.25) is 0 Å². The van der Waals surface area contributed by atoms with E-state index in [9.17, 15) is 17.6 Å². The van der Waals surface area contributed by atoms with Gasteiger partial charge in [-0.25, -0.2) is 27.0 Å². The molecular weight excluding hydrogens is 477 g/mol. The number of aromatic nitrogens is 3. The van der Waals surface area contributed by atoms with E-state index in [1.807, 2.05) is 0 Å². The van der Waals surface area contributed by atoms with Crippen LogP contribution < -0.4 is 15.2 Å². The van der Waals surface area contributed by atoms with Crippen molar-refractivity contribution in [3.8, 4) is 16.9 Å². The number of sulfonamides is 1. The van der Waals surface area contributed by atoms with Crippen LogP contribution in [-0.4, -0.2) is 57.2 Å². The Morgan fingerprint density at radius 1 is 1.24 bits per heavy atom. The van der Waals surface area contributed by atoms with Gasteiger partial charge in [-0.2, -0.15) is 0 Å². The topological polar surface area (TPSA) is 138 Å². The summed E-state index contributed by atoms with van der Waals surface area (Å²) in [6, 6.07) is 7.24. The lowest BCUT2D eigenvalue weighted by molar-refractivity contribution is 0.0601. The van der Waals surface area contributed by atoms with Crippen molar-refractivity contribution >= 4 is 39.4 Å². The number of hydrogen-bond acceptors (Lipinski definition) is 8. The predicted molar refractivity (Wildman–Crippen MR) is 123 cm³/mol. The number of fused-ring (bicyclic) bond motifs is 1. The zero-order chi connectivity index (χ0) is 23.5. The van der Waals surface area contributed by atoms with Crippen molar-refractivity contribution in [1.29, 1.82) is 0 Å². The third kappa shape index (κ3) is 5.30. The van der Waals surface area contributed by atoms with Gasteiger partial charge < -0.3 is 15.2 Å². The van der Waals surface area contributed by atoms with Crippen LogP contribution in [0, 0.1) is 0 Å². The van der Waals surface area contributed by atoms with Gasteiger partial charge in [-0.15, -0.1) is 17.5 Å². The Morgan fingerprint density at radius 2 is 1.97 bits per heavy atom. The fourth-order valence-electron chi connectivity index (χ4n) is 3.14. The number of methoxy groups -OCH3 is 2. The maximum absolute atomic E-state index is 14.1. The number of hydrogen-bond donors (Lipinski definition) is 2. The van der Waals surface area contributed by atoms with Gasteiger partial charge in [0.15, 0.2) is 0 Å². The molecule has 0 unspecified atom stereocenters. The Labute approximate surface area is 196 Å². The van der Waals surface area contributed by atoms with E-state index >= 15 is 0 Å². The Kier molecular flexibility index (Phi) is 8.50. The lowest BCUT2D eigenvalue weighted by Crippen LogP contribution is -2.18. The molecule has 0 aliphatic carbocycles. The van der Waals surface area contributed by atoms with Gasteiger partial charge in [-0.1, -0.05) is 5.21 Å². The minimum atomic E-state index is -3.76. The van der Waals surface area contributed by atoms with Crippen LogP contribution in [-0.2, 0) is 21.3 Å². The molecule has 33 heavy (non-hydrogen) atoms. The zero-order valence-corrected chi connectivity index (χ0v) is 19.7. The van der Waals surface area contributed by atoms with Crippen molar-refractivity contribution in [3.05, 3.63) is 47.8 Å². The molecule has 0 atom stereocenters. The lowest BCUT2D eigenvalue weighted by atomic mass is 10.00. The molecule has 0 saturated carbocycles. The van der Waals surface area contributed by atoms with Crippen LogP contribution in [0.3, 0.4) is 0 Å². The fourth-order valence-corrected chi connectivity index (χ4v) is 3.90. The van der Waals surface area contributed by atoms with Crippen LogP contribution in [0.5, 0.6) is 5.75 Å². The summed E-state index contributed by atoms with van der Waals surface area (Å²) in [5, 5.41) is 8.13. The third-order valence-corrected chi connectivity index (χ3v) is 6.13. The average Bonchev–Trinajstić information content (AvgIpc) is 3.20. The summed E-state index contributed by atoms with van der Waals surface area (Å²) in [6.07, 6.45) is 1.20. The number of esters is 1. The van der Waals surface area contributed by atoms with Gasteiger partial charge in [0, 0.05) is 17.7 Å². The molecule has 0 bridgehead atoms. The standard InChI is InChI=1S/C20H22FN5O5S.ClH/c1-23-32(28,29)14-4-5-18(30-2)15(10-14)16-8-12(20(27)31-3)9-17-19(16)24-25-26(17)11-13(21)6-7-22;/h4-6,8-10,23H,7,11,22H2,1-3H3;1H/b13-6-;. The largest absolute Gasteiger partial charge is 0.496 e. The van der Waals surface area contributed by atoms with Crippen LogP contribution in [0.1, 0.15) is 10.4 Å². The minimum Gasteiger partial charge on any atom is -0.496 e. The number of ether oxygens (including phenoxy) is 2. The summed E-state index contributed by atoms with van der Waals surface area (Å²) in [4.78, 5) is 12.3. The Hall–Kier alpha value is -3.06. The highest BCUT2D eigenvalue weighted by molar-refractivity contribution is 7.89. The van der Waals surface area contributed by atoms with Crippen molar-refractivity contribution in [2.24, 2.45) is 5.73 Å². The molecular formula is C20H23ClFN5O5S. The second kappa shape index (κ2) is 10.7. The molecule has 13 heteroatoms. The molecule has 0 fully saturated rings. The van der Waals surface area contributed by atoms with Gasteiger partial charge in [0.25, 0.3) is 0 Å². The molecule has 3 N–H and O–H groups in total. The molecule has 0 saturated heterocycles. The molecule has 0 aliphatic heterocycles. The number of allylic oxidation sites excluding steroid dienone is 1. The van der Waals surface area contributed by atoms with Gasteiger partial charge in [0.1, 0.15) is 17.1 Å². The molecule has 1 aromatic heterocycles. The van der Waals surface area contributed by atoms with E-state index in [1.165, 1.54) is 62.4 Å². The number of nitrogens with zero attached hydrogens (tertiary/aromatic N) is 3. The summed E-state index contributed by atoms with van der Waals surface area (Å²) in [5.74, 6) is -0.826. The van der Waals surface area contributed by atoms with Crippen LogP contribution in [0.15, 0.2) is 47.1 Å². The number of halogens is 2. The van der Waals surface area contributed by atoms with Crippen molar-refractivity contribution in [3.63, 3.8) is 0 Å². The molecule has 2 aromatic carbocycles. The first-order valence-electron chi connectivity index (χ1n) is 9.37. The van der Waals surface area contributed by atoms with Crippen molar-refractivity contribution < 1.29 is 27.1 Å². The van der Waals surface area contributed by atoms with E-state index in [0.717, 1.165) is 0 Å². The monoisotopic (exact) mass is 499 g/mol. The van der Waals surface area contributed by atoms with E-state index in [-0.39, 0.29) is 36.0 Å². The first-order chi connectivity index (χ1) is 15.2. The molecule has 3 rings (SSSR count). The van der Waals surface area contributed by atoms with Gasteiger partial charge in [-0.3, -0.25) is 0 Å². The molecule has 0 radical (unpaired) electrons. The first-order valence-corrected chi connectivity index (χ1v) is 10.9. The Morgan fingerprint density at radius 3 is 2.58 bits per heavy atom. The number of carbonyl (C=O) groups is 1.